The van der Waals surface area contributed by atoms with Crippen molar-refractivity contribution in [1.29, 1.82) is 0 Å². The number of sulfonamides is 1. The van der Waals surface area contributed by atoms with Crippen molar-refractivity contribution in [3.8, 4) is 0 Å². The summed E-state index contributed by atoms with van der Waals surface area (Å²) in [6, 6.07) is 4.38. The third-order valence-corrected chi connectivity index (χ3v) is 6.00. The van der Waals surface area contributed by atoms with E-state index >= 15 is 0 Å². The van der Waals surface area contributed by atoms with Crippen LogP contribution in [-0.4, -0.2) is 37.0 Å². The van der Waals surface area contributed by atoms with E-state index in [1.165, 1.54) is 4.31 Å². The number of nitrogens with one attached hydrogen (secondary N) is 1. The molecule has 0 unspecified atom stereocenters. The zero-order valence-corrected chi connectivity index (χ0v) is 13.8. The van der Waals surface area contributed by atoms with Gasteiger partial charge in [-0.25, -0.2) is 8.42 Å². The van der Waals surface area contributed by atoms with Gasteiger partial charge < -0.3 is 5.32 Å². The van der Waals surface area contributed by atoms with E-state index in [9.17, 15) is 13.2 Å². The van der Waals surface area contributed by atoms with Crippen molar-refractivity contribution in [1.82, 2.24) is 9.62 Å². The smallest absolute Gasteiger partial charge is 0.238 e. The molecule has 5 nitrogen and oxygen atoms in total. The quantitative estimate of drug-likeness (QED) is 0.903. The molecule has 0 aromatic heterocycles. The topological polar surface area (TPSA) is 66.5 Å². The van der Waals surface area contributed by atoms with E-state index in [4.69, 9.17) is 23.2 Å². The standard InChI is InChI=1S/C13H16Cl2N2O3S/c1-2-17-12(5-6-21(17,19)20)13(18)16-8-9-3-4-10(14)7-11(9)15/h3-4,7,12H,2,5-6,8H2,1H3,(H,16,18)/t12-/m0/s1. The molecule has 1 heterocycles. The van der Waals surface area contributed by atoms with Gasteiger partial charge in [-0.1, -0.05) is 36.2 Å². The molecule has 0 saturated carbocycles. The summed E-state index contributed by atoms with van der Waals surface area (Å²) in [7, 11) is -3.30. The Labute approximate surface area is 134 Å². The summed E-state index contributed by atoms with van der Waals surface area (Å²) < 4.78 is 24.8. The number of amides is 1. The first-order valence-corrected chi connectivity index (χ1v) is 8.93. The first-order valence-electron chi connectivity index (χ1n) is 6.56. The molecule has 1 aromatic rings. The number of carbonyl (C=O) groups excluding carboxylic acids is 1. The van der Waals surface area contributed by atoms with Crippen LogP contribution in [-0.2, 0) is 21.4 Å². The van der Waals surface area contributed by atoms with Crippen molar-refractivity contribution in [2.75, 3.05) is 12.3 Å². The van der Waals surface area contributed by atoms with Crippen LogP contribution < -0.4 is 5.32 Å². The molecule has 1 saturated heterocycles. The number of benzene rings is 1. The lowest BCUT2D eigenvalue weighted by Crippen LogP contribution is -2.44. The normalized spacial score (nSPS) is 21.4. The van der Waals surface area contributed by atoms with Crippen molar-refractivity contribution in [2.45, 2.75) is 25.9 Å². The maximum absolute atomic E-state index is 12.2. The van der Waals surface area contributed by atoms with Gasteiger partial charge in [0, 0.05) is 23.1 Å². The lowest BCUT2D eigenvalue weighted by molar-refractivity contribution is -0.124. The third-order valence-electron chi connectivity index (χ3n) is 3.44. The molecule has 1 aromatic carbocycles. The number of nitrogens with zero attached hydrogens (tertiary/aromatic N) is 1. The van der Waals surface area contributed by atoms with Gasteiger partial charge >= 0.3 is 0 Å². The van der Waals surface area contributed by atoms with Crippen LogP contribution in [0.15, 0.2) is 18.2 Å². The molecular formula is C13H16Cl2N2O3S. The molecule has 1 amide bonds. The van der Waals surface area contributed by atoms with Crippen LogP contribution in [0.3, 0.4) is 0 Å². The van der Waals surface area contributed by atoms with Gasteiger partial charge in [-0.15, -0.1) is 0 Å². The maximum atomic E-state index is 12.2. The fraction of sp³-hybridized carbons (Fsp3) is 0.462. The Morgan fingerprint density at radius 3 is 2.76 bits per heavy atom. The summed E-state index contributed by atoms with van der Waals surface area (Å²) in [5.74, 6) is -0.287. The zero-order valence-electron chi connectivity index (χ0n) is 11.5. The van der Waals surface area contributed by atoms with Crippen LogP contribution in [0, 0.1) is 0 Å². The Morgan fingerprint density at radius 1 is 1.43 bits per heavy atom. The minimum atomic E-state index is -3.30. The van der Waals surface area contributed by atoms with Gasteiger partial charge in [0.15, 0.2) is 0 Å². The van der Waals surface area contributed by atoms with Crippen molar-refractivity contribution in [2.24, 2.45) is 0 Å². The summed E-state index contributed by atoms with van der Waals surface area (Å²) in [6.45, 7) is 2.25. The number of likely N-dealkylation sites (N-methyl/N-ethyl adjacent to an activating group) is 1. The summed E-state index contributed by atoms with van der Waals surface area (Å²) in [6.07, 6.45) is 0.316. The van der Waals surface area contributed by atoms with Gasteiger partial charge in [-0.05, 0) is 24.1 Å². The van der Waals surface area contributed by atoms with Crippen molar-refractivity contribution in [3.05, 3.63) is 33.8 Å². The number of halogens is 2. The summed E-state index contributed by atoms with van der Waals surface area (Å²) in [5.41, 5.74) is 0.735. The molecule has 1 aliphatic heterocycles. The Bertz CT molecular complexity index is 649. The molecule has 0 radical (unpaired) electrons. The third kappa shape index (κ3) is 3.69. The first-order chi connectivity index (χ1) is 9.85. The van der Waals surface area contributed by atoms with Gasteiger partial charge in [0.1, 0.15) is 6.04 Å². The van der Waals surface area contributed by atoms with Crippen LogP contribution in [0.2, 0.25) is 10.0 Å². The van der Waals surface area contributed by atoms with Crippen molar-refractivity contribution >= 4 is 39.1 Å². The monoisotopic (exact) mass is 350 g/mol. The van der Waals surface area contributed by atoms with Crippen LogP contribution in [0.25, 0.3) is 0 Å². The Hall–Kier alpha value is -0.820. The van der Waals surface area contributed by atoms with E-state index in [1.54, 1.807) is 25.1 Å². The predicted molar refractivity (Wildman–Crippen MR) is 82.9 cm³/mol. The highest BCUT2D eigenvalue weighted by Gasteiger charge is 2.40. The van der Waals surface area contributed by atoms with Crippen molar-refractivity contribution < 1.29 is 13.2 Å². The minimum Gasteiger partial charge on any atom is -0.351 e. The number of rotatable bonds is 4. The molecule has 0 aliphatic carbocycles. The molecule has 21 heavy (non-hydrogen) atoms. The number of hydrogen-bond acceptors (Lipinski definition) is 3. The zero-order chi connectivity index (χ0) is 15.6. The molecule has 1 atom stereocenters. The van der Waals surface area contributed by atoms with E-state index in [-0.39, 0.29) is 18.2 Å². The summed E-state index contributed by atoms with van der Waals surface area (Å²) in [5, 5.41) is 3.72. The van der Waals surface area contributed by atoms with E-state index < -0.39 is 16.1 Å². The van der Waals surface area contributed by atoms with Crippen molar-refractivity contribution in [3.63, 3.8) is 0 Å². The molecule has 1 fully saturated rings. The SMILES string of the molecule is CCN1[C@H](C(=O)NCc2ccc(Cl)cc2Cl)CCS1(=O)=O. The lowest BCUT2D eigenvalue weighted by atomic mass is 10.2. The summed E-state index contributed by atoms with van der Waals surface area (Å²) >= 11 is 11.8. The first kappa shape index (κ1) is 16.5. The Kier molecular flexibility index (Phi) is 5.14. The fourth-order valence-electron chi connectivity index (χ4n) is 2.36. The van der Waals surface area contributed by atoms with Gasteiger partial charge in [0.05, 0.1) is 5.75 Å². The molecule has 8 heteroatoms. The maximum Gasteiger partial charge on any atom is 0.238 e. The van der Waals surface area contributed by atoms with E-state index in [0.717, 1.165) is 5.56 Å². The second-order valence-corrected chi connectivity index (χ2v) is 7.66. The van der Waals surface area contributed by atoms with Gasteiger partial charge in [-0.2, -0.15) is 4.31 Å². The predicted octanol–water partition coefficient (Wildman–Crippen LogP) is 2.03. The average molecular weight is 351 g/mol. The molecule has 116 valence electrons. The highest BCUT2D eigenvalue weighted by molar-refractivity contribution is 7.89. The second kappa shape index (κ2) is 6.52. The number of carbonyl (C=O) groups is 1. The highest BCUT2D eigenvalue weighted by atomic mass is 35.5. The van der Waals surface area contributed by atoms with Gasteiger partial charge in [0.25, 0.3) is 0 Å². The Morgan fingerprint density at radius 2 is 2.14 bits per heavy atom. The van der Waals surface area contributed by atoms with Crippen LogP contribution in [0.4, 0.5) is 0 Å². The molecule has 2 rings (SSSR count). The highest BCUT2D eigenvalue weighted by Crippen LogP contribution is 2.23. The summed E-state index contributed by atoms with van der Waals surface area (Å²) in [4.78, 5) is 12.2. The van der Waals surface area contributed by atoms with Crippen LogP contribution in [0.5, 0.6) is 0 Å². The van der Waals surface area contributed by atoms with Crippen LogP contribution in [0.1, 0.15) is 18.9 Å². The second-order valence-electron chi connectivity index (χ2n) is 4.78. The largest absolute Gasteiger partial charge is 0.351 e. The van der Waals surface area contributed by atoms with E-state index in [1.807, 2.05) is 0 Å². The molecule has 0 bridgehead atoms. The Balaban J connectivity index is 2.02. The van der Waals surface area contributed by atoms with E-state index in [0.29, 0.717) is 23.0 Å². The number of hydrogen-bond donors (Lipinski definition) is 1. The minimum absolute atomic E-state index is 0.0145. The van der Waals surface area contributed by atoms with Gasteiger partial charge in [0.2, 0.25) is 15.9 Å². The molecule has 0 spiro atoms. The fourth-order valence-corrected chi connectivity index (χ4v) is 4.57. The molecule has 1 N–H and O–H groups in total. The average Bonchev–Trinajstić information content (AvgIpc) is 2.72. The van der Waals surface area contributed by atoms with Crippen LogP contribution >= 0.6 is 23.2 Å². The van der Waals surface area contributed by atoms with E-state index in [2.05, 4.69) is 5.32 Å². The lowest BCUT2D eigenvalue weighted by Gasteiger charge is -2.20. The van der Waals surface area contributed by atoms with Gasteiger partial charge in [-0.3, -0.25) is 4.79 Å². The molecule has 1 aliphatic rings. The molecular weight excluding hydrogens is 335 g/mol.